The SMILES string of the molecule is CCN(C(=O)CNC)C(C)c1cccc(OC)c1.Cl. The zero-order valence-corrected chi connectivity index (χ0v) is 12.8. The van der Waals surface area contributed by atoms with Crippen molar-refractivity contribution in [2.24, 2.45) is 0 Å². The van der Waals surface area contributed by atoms with Crippen LogP contribution in [0.25, 0.3) is 0 Å². The van der Waals surface area contributed by atoms with Gasteiger partial charge >= 0.3 is 0 Å². The van der Waals surface area contributed by atoms with Crippen LogP contribution in [0.15, 0.2) is 24.3 Å². The predicted molar refractivity (Wildman–Crippen MR) is 80.0 cm³/mol. The molecule has 0 bridgehead atoms. The first kappa shape index (κ1) is 17.7. The van der Waals surface area contributed by atoms with E-state index in [0.29, 0.717) is 13.1 Å². The van der Waals surface area contributed by atoms with E-state index in [9.17, 15) is 4.79 Å². The van der Waals surface area contributed by atoms with Crippen LogP contribution >= 0.6 is 12.4 Å². The van der Waals surface area contributed by atoms with Crippen molar-refractivity contribution in [1.29, 1.82) is 0 Å². The number of ether oxygens (including phenoxy) is 1. The van der Waals surface area contributed by atoms with E-state index in [4.69, 9.17) is 4.74 Å². The Morgan fingerprint density at radius 1 is 1.47 bits per heavy atom. The molecule has 0 aliphatic rings. The van der Waals surface area contributed by atoms with Gasteiger partial charge in [-0.05, 0) is 38.6 Å². The largest absolute Gasteiger partial charge is 0.497 e. The van der Waals surface area contributed by atoms with Gasteiger partial charge in [-0.1, -0.05) is 12.1 Å². The molecule has 0 radical (unpaired) electrons. The molecule has 1 aromatic rings. The summed E-state index contributed by atoms with van der Waals surface area (Å²) in [6, 6.07) is 7.89. The maximum atomic E-state index is 12.0. The monoisotopic (exact) mass is 286 g/mol. The van der Waals surface area contributed by atoms with E-state index in [2.05, 4.69) is 5.32 Å². The summed E-state index contributed by atoms with van der Waals surface area (Å²) in [5.74, 6) is 0.923. The number of halogens is 1. The lowest BCUT2D eigenvalue weighted by atomic mass is 10.1. The second-order valence-electron chi connectivity index (χ2n) is 4.16. The number of hydrogen-bond donors (Lipinski definition) is 1. The molecule has 19 heavy (non-hydrogen) atoms. The van der Waals surface area contributed by atoms with E-state index in [1.54, 1.807) is 14.2 Å². The molecule has 4 nitrogen and oxygen atoms in total. The molecule has 0 aromatic heterocycles. The molecule has 1 amide bonds. The summed E-state index contributed by atoms with van der Waals surface area (Å²) in [6.07, 6.45) is 0. The Bertz CT molecular complexity index is 399. The number of methoxy groups -OCH3 is 1. The van der Waals surface area contributed by atoms with E-state index in [0.717, 1.165) is 11.3 Å². The number of carbonyl (C=O) groups excluding carboxylic acids is 1. The molecule has 0 fully saturated rings. The maximum Gasteiger partial charge on any atom is 0.237 e. The number of rotatable bonds is 6. The summed E-state index contributed by atoms with van der Waals surface area (Å²) in [5.41, 5.74) is 1.08. The summed E-state index contributed by atoms with van der Waals surface area (Å²) in [5, 5.41) is 2.90. The van der Waals surface area contributed by atoms with E-state index < -0.39 is 0 Å². The molecule has 0 saturated heterocycles. The molecule has 1 N–H and O–H groups in total. The van der Waals surface area contributed by atoms with Crippen molar-refractivity contribution in [2.45, 2.75) is 19.9 Å². The first-order chi connectivity index (χ1) is 8.63. The van der Waals surface area contributed by atoms with Gasteiger partial charge in [-0.15, -0.1) is 12.4 Å². The van der Waals surface area contributed by atoms with Crippen LogP contribution in [0.2, 0.25) is 0 Å². The minimum atomic E-state index is 0. The molecule has 0 saturated carbocycles. The summed E-state index contributed by atoms with van der Waals surface area (Å²) < 4.78 is 5.21. The molecule has 0 heterocycles. The van der Waals surface area contributed by atoms with Crippen LogP contribution in [0.4, 0.5) is 0 Å². The molecular weight excluding hydrogens is 264 g/mol. The first-order valence-corrected chi connectivity index (χ1v) is 6.22. The van der Waals surface area contributed by atoms with Gasteiger partial charge in [0.15, 0.2) is 0 Å². The fourth-order valence-electron chi connectivity index (χ4n) is 2.00. The summed E-state index contributed by atoms with van der Waals surface area (Å²) in [6.45, 7) is 5.08. The quantitative estimate of drug-likeness (QED) is 0.872. The molecular formula is C14H23ClN2O2. The molecule has 5 heteroatoms. The fourth-order valence-corrected chi connectivity index (χ4v) is 2.00. The summed E-state index contributed by atoms with van der Waals surface area (Å²) >= 11 is 0. The van der Waals surface area contributed by atoms with E-state index in [1.807, 2.05) is 43.0 Å². The number of benzene rings is 1. The van der Waals surface area contributed by atoms with Crippen LogP contribution in [0.5, 0.6) is 5.75 Å². The van der Waals surface area contributed by atoms with Gasteiger partial charge in [0.05, 0.1) is 19.7 Å². The van der Waals surface area contributed by atoms with Gasteiger partial charge in [0.2, 0.25) is 5.91 Å². The number of nitrogens with zero attached hydrogens (tertiary/aromatic N) is 1. The highest BCUT2D eigenvalue weighted by molar-refractivity contribution is 5.85. The highest BCUT2D eigenvalue weighted by Crippen LogP contribution is 2.23. The average molecular weight is 287 g/mol. The van der Waals surface area contributed by atoms with Gasteiger partial charge in [-0.25, -0.2) is 0 Å². The highest BCUT2D eigenvalue weighted by atomic mass is 35.5. The third-order valence-electron chi connectivity index (χ3n) is 3.03. The van der Waals surface area contributed by atoms with Gasteiger partial charge in [0, 0.05) is 6.54 Å². The van der Waals surface area contributed by atoms with Gasteiger partial charge < -0.3 is 15.0 Å². The molecule has 1 unspecified atom stereocenters. The van der Waals surface area contributed by atoms with Crippen molar-refractivity contribution in [3.63, 3.8) is 0 Å². The smallest absolute Gasteiger partial charge is 0.237 e. The first-order valence-electron chi connectivity index (χ1n) is 6.22. The Morgan fingerprint density at radius 3 is 2.68 bits per heavy atom. The van der Waals surface area contributed by atoms with Crippen LogP contribution in [0.3, 0.4) is 0 Å². The maximum absolute atomic E-state index is 12.0. The number of likely N-dealkylation sites (N-methyl/N-ethyl adjacent to an activating group) is 2. The fraction of sp³-hybridized carbons (Fsp3) is 0.500. The second kappa shape index (κ2) is 8.77. The van der Waals surface area contributed by atoms with Crippen LogP contribution < -0.4 is 10.1 Å². The van der Waals surface area contributed by atoms with Crippen molar-refractivity contribution in [3.05, 3.63) is 29.8 Å². The number of amides is 1. The summed E-state index contributed by atoms with van der Waals surface area (Å²) in [7, 11) is 3.43. The lowest BCUT2D eigenvalue weighted by molar-refractivity contribution is -0.132. The average Bonchev–Trinajstić information content (AvgIpc) is 2.40. The zero-order valence-electron chi connectivity index (χ0n) is 12.0. The highest BCUT2D eigenvalue weighted by Gasteiger charge is 2.19. The van der Waals surface area contributed by atoms with Crippen molar-refractivity contribution in [3.8, 4) is 5.75 Å². The van der Waals surface area contributed by atoms with Gasteiger partial charge in [0.1, 0.15) is 5.75 Å². The van der Waals surface area contributed by atoms with Crippen molar-refractivity contribution in [2.75, 3.05) is 27.2 Å². The molecule has 0 spiro atoms. The van der Waals surface area contributed by atoms with E-state index in [-0.39, 0.29) is 24.4 Å². The van der Waals surface area contributed by atoms with Crippen LogP contribution in [-0.2, 0) is 4.79 Å². The number of carbonyl (C=O) groups is 1. The van der Waals surface area contributed by atoms with Crippen molar-refractivity contribution >= 4 is 18.3 Å². The Morgan fingerprint density at radius 2 is 2.16 bits per heavy atom. The topological polar surface area (TPSA) is 41.6 Å². The van der Waals surface area contributed by atoms with Crippen molar-refractivity contribution in [1.82, 2.24) is 10.2 Å². The number of hydrogen-bond acceptors (Lipinski definition) is 3. The Balaban J connectivity index is 0.00000324. The minimum absolute atomic E-state index is 0. The zero-order chi connectivity index (χ0) is 13.5. The molecule has 1 atom stereocenters. The molecule has 1 rings (SSSR count). The Labute approximate surface area is 121 Å². The van der Waals surface area contributed by atoms with Gasteiger partial charge in [-0.3, -0.25) is 4.79 Å². The van der Waals surface area contributed by atoms with Crippen LogP contribution in [0.1, 0.15) is 25.5 Å². The van der Waals surface area contributed by atoms with Gasteiger partial charge in [0.25, 0.3) is 0 Å². The minimum Gasteiger partial charge on any atom is -0.497 e. The summed E-state index contributed by atoms with van der Waals surface area (Å²) in [4.78, 5) is 13.8. The van der Waals surface area contributed by atoms with E-state index >= 15 is 0 Å². The second-order valence-corrected chi connectivity index (χ2v) is 4.16. The lowest BCUT2D eigenvalue weighted by Crippen LogP contribution is -2.38. The Hall–Kier alpha value is -1.26. The Kier molecular flexibility index (Phi) is 8.19. The number of nitrogens with one attached hydrogen (secondary N) is 1. The third-order valence-corrected chi connectivity index (χ3v) is 3.03. The van der Waals surface area contributed by atoms with Gasteiger partial charge in [-0.2, -0.15) is 0 Å². The molecule has 0 aliphatic heterocycles. The van der Waals surface area contributed by atoms with Crippen LogP contribution in [0, 0.1) is 0 Å². The third kappa shape index (κ3) is 4.73. The van der Waals surface area contributed by atoms with Crippen LogP contribution in [-0.4, -0.2) is 38.1 Å². The predicted octanol–water partition coefficient (Wildman–Crippen LogP) is 2.25. The van der Waals surface area contributed by atoms with Crippen molar-refractivity contribution < 1.29 is 9.53 Å². The molecule has 0 aliphatic carbocycles. The normalized spacial score (nSPS) is 11.4. The molecule has 1 aromatic carbocycles. The molecule has 108 valence electrons. The standard InChI is InChI=1S/C14H22N2O2.ClH/c1-5-16(14(17)10-15-3)11(2)12-7-6-8-13(9-12)18-4;/h6-9,11,15H,5,10H2,1-4H3;1H. The van der Waals surface area contributed by atoms with E-state index in [1.165, 1.54) is 0 Å². The lowest BCUT2D eigenvalue weighted by Gasteiger charge is -2.28.